The predicted molar refractivity (Wildman–Crippen MR) is 87.9 cm³/mol. The zero-order chi connectivity index (χ0) is 15.1. The van der Waals surface area contributed by atoms with E-state index in [1.54, 1.807) is 18.2 Å². The third kappa shape index (κ3) is 4.74. The molecule has 0 bridgehead atoms. The van der Waals surface area contributed by atoms with Gasteiger partial charge in [0.15, 0.2) is 0 Å². The number of carbonyl (C=O) groups excluding carboxylic acids is 1. The van der Waals surface area contributed by atoms with Crippen molar-refractivity contribution >= 4 is 41.4 Å². The largest absolute Gasteiger partial charge is 0.272 e. The number of rotatable bonds is 4. The predicted octanol–water partition coefficient (Wildman–Crippen LogP) is 4.42. The lowest BCUT2D eigenvalue weighted by Gasteiger charge is -2.02. The van der Waals surface area contributed by atoms with Crippen LogP contribution >= 0.6 is 23.2 Å². The monoisotopic (exact) mass is 318 g/mol. The van der Waals surface area contributed by atoms with Gasteiger partial charge in [0.25, 0.3) is 5.91 Å². The molecule has 0 spiro atoms. The Hall–Kier alpha value is -2.10. The summed E-state index contributed by atoms with van der Waals surface area (Å²) in [4.78, 5) is 11.8. The van der Waals surface area contributed by atoms with Gasteiger partial charge in [0.05, 0.1) is 10.6 Å². The van der Waals surface area contributed by atoms with E-state index in [0.717, 1.165) is 5.56 Å². The van der Waals surface area contributed by atoms with E-state index in [1.165, 1.54) is 12.3 Å². The zero-order valence-corrected chi connectivity index (χ0v) is 12.5. The Kier molecular flexibility index (Phi) is 5.55. The van der Waals surface area contributed by atoms with Gasteiger partial charge in [0.1, 0.15) is 0 Å². The highest BCUT2D eigenvalue weighted by atomic mass is 35.5. The number of benzene rings is 2. The fraction of sp³-hybridized carbons (Fsp3) is 0. The average molecular weight is 319 g/mol. The Labute approximate surface area is 132 Å². The van der Waals surface area contributed by atoms with Crippen molar-refractivity contribution in [3.8, 4) is 0 Å². The molecule has 0 saturated carbocycles. The van der Waals surface area contributed by atoms with Crippen LogP contribution in [0, 0.1) is 0 Å². The second-order valence-corrected chi connectivity index (χ2v) is 4.96. The number of allylic oxidation sites excluding steroid dienone is 1. The van der Waals surface area contributed by atoms with Crippen LogP contribution in [0.4, 0.5) is 0 Å². The first-order valence-corrected chi connectivity index (χ1v) is 6.92. The van der Waals surface area contributed by atoms with Gasteiger partial charge >= 0.3 is 0 Å². The first-order chi connectivity index (χ1) is 10.2. The Morgan fingerprint density at radius 3 is 2.57 bits per heavy atom. The Bertz CT molecular complexity index is 682. The van der Waals surface area contributed by atoms with E-state index in [4.69, 9.17) is 23.2 Å². The molecule has 0 aliphatic rings. The number of nitrogens with one attached hydrogen (secondary N) is 1. The van der Waals surface area contributed by atoms with Crippen molar-refractivity contribution in [3.63, 3.8) is 0 Å². The van der Waals surface area contributed by atoms with E-state index in [9.17, 15) is 4.79 Å². The molecule has 106 valence electrons. The number of amides is 1. The molecule has 0 aliphatic carbocycles. The molecule has 2 rings (SSSR count). The number of hydrogen-bond acceptors (Lipinski definition) is 2. The summed E-state index contributed by atoms with van der Waals surface area (Å²) in [5.74, 6) is -0.388. The van der Waals surface area contributed by atoms with Crippen molar-refractivity contribution in [1.29, 1.82) is 0 Å². The van der Waals surface area contributed by atoms with Crippen LogP contribution in [0.2, 0.25) is 10.0 Å². The van der Waals surface area contributed by atoms with Crippen LogP contribution < -0.4 is 5.43 Å². The van der Waals surface area contributed by atoms with E-state index in [2.05, 4.69) is 10.5 Å². The molecule has 0 unspecified atom stereocenters. The second-order valence-electron chi connectivity index (χ2n) is 4.11. The van der Waals surface area contributed by atoms with Gasteiger partial charge in [-0.15, -0.1) is 0 Å². The molecule has 2 aromatic rings. The maximum atomic E-state index is 11.8. The summed E-state index contributed by atoms with van der Waals surface area (Å²) in [6.45, 7) is 0. The summed E-state index contributed by atoms with van der Waals surface area (Å²) in [6.07, 6.45) is 5.11. The van der Waals surface area contributed by atoms with E-state index in [0.29, 0.717) is 10.6 Å². The Balaban J connectivity index is 1.92. The molecule has 5 heteroatoms. The molecule has 21 heavy (non-hydrogen) atoms. The van der Waals surface area contributed by atoms with Crippen molar-refractivity contribution in [2.45, 2.75) is 0 Å². The van der Waals surface area contributed by atoms with Gasteiger partial charge in [-0.25, -0.2) is 5.43 Å². The van der Waals surface area contributed by atoms with E-state index < -0.39 is 0 Å². The third-order valence-corrected chi connectivity index (χ3v) is 3.14. The lowest BCUT2D eigenvalue weighted by atomic mass is 10.2. The van der Waals surface area contributed by atoms with Gasteiger partial charge in [-0.1, -0.05) is 59.6 Å². The number of hydrazone groups is 1. The molecule has 0 fully saturated rings. The molecule has 0 heterocycles. The maximum Gasteiger partial charge on any atom is 0.272 e. The Morgan fingerprint density at radius 2 is 1.86 bits per heavy atom. The highest BCUT2D eigenvalue weighted by Gasteiger charge is 2.09. The van der Waals surface area contributed by atoms with Crippen molar-refractivity contribution in [2.24, 2.45) is 5.10 Å². The maximum absolute atomic E-state index is 11.8. The fourth-order valence-corrected chi connectivity index (χ4v) is 2.09. The van der Waals surface area contributed by atoms with Crippen LogP contribution in [0.25, 0.3) is 6.08 Å². The summed E-state index contributed by atoms with van der Waals surface area (Å²) in [7, 11) is 0. The van der Waals surface area contributed by atoms with Crippen molar-refractivity contribution in [3.05, 3.63) is 75.8 Å². The third-order valence-electron chi connectivity index (χ3n) is 2.59. The van der Waals surface area contributed by atoms with Crippen LogP contribution in [0.3, 0.4) is 0 Å². The van der Waals surface area contributed by atoms with Crippen molar-refractivity contribution in [1.82, 2.24) is 5.43 Å². The van der Waals surface area contributed by atoms with Gasteiger partial charge in [-0.3, -0.25) is 4.79 Å². The second kappa shape index (κ2) is 7.62. The molecule has 0 radical (unpaired) electrons. The van der Waals surface area contributed by atoms with Crippen LogP contribution in [0.1, 0.15) is 15.9 Å². The number of carbonyl (C=O) groups is 1. The summed E-state index contributed by atoms with van der Waals surface area (Å²) in [5.41, 5.74) is 3.77. The molecule has 1 N–H and O–H groups in total. The number of halogens is 2. The summed E-state index contributed by atoms with van der Waals surface area (Å²) in [6, 6.07) is 14.4. The number of hydrogen-bond donors (Lipinski definition) is 1. The van der Waals surface area contributed by atoms with Crippen LogP contribution in [0.5, 0.6) is 0 Å². The molecule has 0 aliphatic heterocycles. The molecule has 0 atom stereocenters. The van der Waals surface area contributed by atoms with Gasteiger partial charge < -0.3 is 0 Å². The fourth-order valence-electron chi connectivity index (χ4n) is 1.59. The van der Waals surface area contributed by atoms with E-state index in [-0.39, 0.29) is 10.9 Å². The molecule has 0 aromatic heterocycles. The van der Waals surface area contributed by atoms with Crippen LogP contribution in [-0.2, 0) is 0 Å². The normalized spacial score (nSPS) is 11.1. The summed E-state index contributed by atoms with van der Waals surface area (Å²) < 4.78 is 0. The standard InChI is InChI=1S/C16H12Cl2N2O/c17-13-8-9-14(15(18)11-13)16(21)20-19-10-4-7-12-5-2-1-3-6-12/h1-11H,(H,20,21). The first-order valence-electron chi connectivity index (χ1n) is 6.17. The minimum Gasteiger partial charge on any atom is -0.267 e. The molecule has 3 nitrogen and oxygen atoms in total. The van der Waals surface area contributed by atoms with Crippen LogP contribution in [0.15, 0.2) is 59.7 Å². The molecular weight excluding hydrogens is 307 g/mol. The molecular formula is C16H12Cl2N2O. The Morgan fingerprint density at radius 1 is 1.10 bits per heavy atom. The minimum absolute atomic E-state index is 0.287. The number of nitrogens with zero attached hydrogens (tertiary/aromatic N) is 1. The minimum atomic E-state index is -0.388. The van der Waals surface area contributed by atoms with Crippen molar-refractivity contribution in [2.75, 3.05) is 0 Å². The molecule has 2 aromatic carbocycles. The topological polar surface area (TPSA) is 41.5 Å². The van der Waals surface area contributed by atoms with Gasteiger partial charge in [-0.05, 0) is 29.8 Å². The van der Waals surface area contributed by atoms with E-state index in [1.807, 2.05) is 36.4 Å². The average Bonchev–Trinajstić information content (AvgIpc) is 2.47. The molecule has 1 amide bonds. The lowest BCUT2D eigenvalue weighted by Crippen LogP contribution is -2.17. The van der Waals surface area contributed by atoms with Gasteiger partial charge in [0.2, 0.25) is 0 Å². The van der Waals surface area contributed by atoms with Crippen LogP contribution in [-0.4, -0.2) is 12.1 Å². The SMILES string of the molecule is O=C(NN=CC=Cc1ccccc1)c1ccc(Cl)cc1Cl. The highest BCUT2D eigenvalue weighted by molar-refractivity contribution is 6.36. The quantitative estimate of drug-likeness (QED) is 0.658. The zero-order valence-electron chi connectivity index (χ0n) is 11.0. The highest BCUT2D eigenvalue weighted by Crippen LogP contribution is 2.20. The summed E-state index contributed by atoms with van der Waals surface area (Å²) in [5, 5.41) is 4.59. The van der Waals surface area contributed by atoms with E-state index >= 15 is 0 Å². The van der Waals surface area contributed by atoms with Gasteiger partial charge in [0, 0.05) is 11.2 Å². The summed E-state index contributed by atoms with van der Waals surface area (Å²) >= 11 is 11.7. The van der Waals surface area contributed by atoms with Crippen molar-refractivity contribution < 1.29 is 4.79 Å². The van der Waals surface area contributed by atoms with Gasteiger partial charge in [-0.2, -0.15) is 5.10 Å². The lowest BCUT2D eigenvalue weighted by molar-refractivity contribution is 0.0955. The smallest absolute Gasteiger partial charge is 0.267 e. The molecule has 0 saturated heterocycles. The first kappa shape index (κ1) is 15.3.